The van der Waals surface area contributed by atoms with Gasteiger partial charge >= 0.3 is 17.9 Å². The molecule has 0 aromatic rings. The number of hydrogen-bond donors (Lipinski definition) is 0. The molecule has 0 fully saturated rings. The molecule has 69 heavy (non-hydrogen) atoms. The highest BCUT2D eigenvalue weighted by Gasteiger charge is 2.19. The molecule has 0 unspecified atom stereocenters. The third kappa shape index (κ3) is 56.2. The van der Waals surface area contributed by atoms with Crippen molar-refractivity contribution in [2.45, 2.75) is 322 Å². The van der Waals surface area contributed by atoms with Crippen LogP contribution in [0.3, 0.4) is 0 Å². The van der Waals surface area contributed by atoms with Crippen LogP contribution in [0.25, 0.3) is 0 Å². The average Bonchev–Trinajstić information content (AvgIpc) is 3.35. The van der Waals surface area contributed by atoms with Crippen molar-refractivity contribution in [2.24, 2.45) is 0 Å². The fraction of sp³-hybridized carbons (Fsp3) is 0.825. The normalized spacial score (nSPS) is 12.3. The molecular weight excluding hydrogens is 853 g/mol. The van der Waals surface area contributed by atoms with Gasteiger partial charge in [-0.3, -0.25) is 14.4 Å². The van der Waals surface area contributed by atoms with E-state index in [2.05, 4.69) is 69.4 Å². The van der Waals surface area contributed by atoms with E-state index in [9.17, 15) is 14.4 Å². The fourth-order valence-electron chi connectivity index (χ4n) is 8.73. The Kier molecular flexibility index (Phi) is 55.7. The van der Waals surface area contributed by atoms with Crippen LogP contribution in [-0.4, -0.2) is 37.2 Å². The number of unbranched alkanes of at least 4 members (excludes halogenated alkanes) is 36. The number of carbonyl (C=O) groups is 3. The first kappa shape index (κ1) is 66.4. The van der Waals surface area contributed by atoms with Gasteiger partial charge in [-0.05, 0) is 77.0 Å². The molecule has 0 heterocycles. The average molecular weight is 968 g/mol. The highest BCUT2D eigenvalue weighted by Crippen LogP contribution is 2.17. The number of esters is 3. The van der Waals surface area contributed by atoms with Crippen molar-refractivity contribution in [1.82, 2.24) is 0 Å². The minimum Gasteiger partial charge on any atom is -0.462 e. The molecular formula is C63H114O6. The van der Waals surface area contributed by atoms with Gasteiger partial charge in [0.25, 0.3) is 0 Å². The van der Waals surface area contributed by atoms with Crippen molar-refractivity contribution in [2.75, 3.05) is 13.2 Å². The van der Waals surface area contributed by atoms with Crippen molar-refractivity contribution < 1.29 is 28.6 Å². The fourth-order valence-corrected chi connectivity index (χ4v) is 8.73. The van der Waals surface area contributed by atoms with E-state index in [1.165, 1.54) is 193 Å². The van der Waals surface area contributed by atoms with Crippen molar-refractivity contribution in [1.29, 1.82) is 0 Å². The van der Waals surface area contributed by atoms with Crippen LogP contribution in [0.5, 0.6) is 0 Å². The smallest absolute Gasteiger partial charge is 0.306 e. The molecule has 0 amide bonds. The lowest BCUT2D eigenvalue weighted by atomic mass is 10.0. The Labute approximate surface area is 428 Å². The molecule has 6 heteroatoms. The van der Waals surface area contributed by atoms with E-state index >= 15 is 0 Å². The summed E-state index contributed by atoms with van der Waals surface area (Å²) >= 11 is 0. The number of allylic oxidation sites excluding steroid dienone is 8. The van der Waals surface area contributed by atoms with E-state index in [0.29, 0.717) is 19.3 Å². The zero-order valence-corrected chi connectivity index (χ0v) is 46.1. The van der Waals surface area contributed by atoms with Crippen molar-refractivity contribution in [3.63, 3.8) is 0 Å². The molecule has 0 rings (SSSR count). The van der Waals surface area contributed by atoms with Crippen LogP contribution in [0, 0.1) is 0 Å². The summed E-state index contributed by atoms with van der Waals surface area (Å²) in [7, 11) is 0. The molecule has 1 atom stereocenters. The highest BCUT2D eigenvalue weighted by atomic mass is 16.6. The van der Waals surface area contributed by atoms with Gasteiger partial charge in [-0.1, -0.05) is 268 Å². The first-order valence-electron chi connectivity index (χ1n) is 30.1. The Hall–Kier alpha value is -2.63. The highest BCUT2D eigenvalue weighted by molar-refractivity contribution is 5.71. The monoisotopic (exact) mass is 967 g/mol. The van der Waals surface area contributed by atoms with Gasteiger partial charge in [-0.15, -0.1) is 0 Å². The molecule has 402 valence electrons. The standard InChI is InChI=1S/C63H114O6/c1-4-7-10-13-16-19-22-25-28-30-32-34-35-38-41-44-47-50-53-56-62(65)68-59-60(58-67-61(64)55-52-49-46-43-40-37-27-24-21-18-15-12-9-6-3)69-63(66)57-54-51-48-45-42-39-36-33-31-29-26-23-20-17-14-11-8-5-2/h15-16,18-19,24-25,27-28,60H,4-14,17,20-23,26,29-59H2,1-3H3/b18-15-,19-16-,27-24-,28-25-/t60-/m1/s1. The summed E-state index contributed by atoms with van der Waals surface area (Å²) in [6.45, 7) is 6.60. The zero-order valence-electron chi connectivity index (χ0n) is 46.1. The second kappa shape index (κ2) is 57.9. The van der Waals surface area contributed by atoms with Crippen LogP contribution in [0.15, 0.2) is 48.6 Å². The summed E-state index contributed by atoms with van der Waals surface area (Å²) in [5.74, 6) is -0.877. The van der Waals surface area contributed by atoms with E-state index in [-0.39, 0.29) is 31.1 Å². The SMILES string of the molecule is CCCC/C=C\C/C=C\CCCCCCCC(=O)OC[C@H](COC(=O)CCCCCCCCCCC/C=C\C/C=C\CCCCC)OC(=O)CCCCCCCCCCCCCCCCCCCC. The summed E-state index contributed by atoms with van der Waals surface area (Å²) in [6, 6.07) is 0. The van der Waals surface area contributed by atoms with Crippen LogP contribution in [0.4, 0.5) is 0 Å². The van der Waals surface area contributed by atoms with E-state index in [1.807, 2.05) is 0 Å². The second-order valence-corrected chi connectivity index (χ2v) is 20.3. The van der Waals surface area contributed by atoms with E-state index < -0.39 is 6.10 Å². The van der Waals surface area contributed by atoms with Crippen LogP contribution in [0.2, 0.25) is 0 Å². The number of rotatable bonds is 55. The summed E-state index contributed by atoms with van der Waals surface area (Å²) in [4.78, 5) is 38.2. The van der Waals surface area contributed by atoms with Crippen molar-refractivity contribution in [3.05, 3.63) is 48.6 Å². The Balaban J connectivity index is 4.35. The predicted molar refractivity (Wildman–Crippen MR) is 298 cm³/mol. The van der Waals surface area contributed by atoms with Gasteiger partial charge in [0, 0.05) is 19.3 Å². The molecule has 6 nitrogen and oxygen atoms in total. The Morgan fingerprint density at radius 3 is 0.870 bits per heavy atom. The topological polar surface area (TPSA) is 78.9 Å². The second-order valence-electron chi connectivity index (χ2n) is 20.3. The third-order valence-electron chi connectivity index (χ3n) is 13.3. The molecule has 0 aromatic heterocycles. The molecule has 0 saturated heterocycles. The molecule has 0 aliphatic carbocycles. The maximum Gasteiger partial charge on any atom is 0.306 e. The Morgan fingerprint density at radius 1 is 0.290 bits per heavy atom. The van der Waals surface area contributed by atoms with Gasteiger partial charge < -0.3 is 14.2 Å². The number of ether oxygens (including phenoxy) is 3. The van der Waals surface area contributed by atoms with Gasteiger partial charge in [0.15, 0.2) is 6.10 Å². The minimum atomic E-state index is -0.779. The van der Waals surface area contributed by atoms with E-state index in [1.54, 1.807) is 0 Å². The molecule has 0 N–H and O–H groups in total. The molecule has 0 aromatic carbocycles. The molecule has 0 aliphatic heterocycles. The largest absolute Gasteiger partial charge is 0.462 e. The van der Waals surface area contributed by atoms with Gasteiger partial charge in [0.05, 0.1) is 0 Å². The maximum atomic E-state index is 12.9. The quantitative estimate of drug-likeness (QED) is 0.0262. The lowest BCUT2D eigenvalue weighted by Gasteiger charge is -2.18. The van der Waals surface area contributed by atoms with Gasteiger partial charge in [0.2, 0.25) is 0 Å². The number of hydrogen-bond acceptors (Lipinski definition) is 6. The van der Waals surface area contributed by atoms with Crippen LogP contribution in [-0.2, 0) is 28.6 Å². The molecule has 0 saturated carbocycles. The summed E-state index contributed by atoms with van der Waals surface area (Å²) in [5.41, 5.74) is 0. The third-order valence-corrected chi connectivity index (χ3v) is 13.3. The molecule has 0 radical (unpaired) electrons. The van der Waals surface area contributed by atoms with E-state index in [4.69, 9.17) is 14.2 Å². The van der Waals surface area contributed by atoms with Crippen molar-refractivity contribution in [3.8, 4) is 0 Å². The lowest BCUT2D eigenvalue weighted by Crippen LogP contribution is -2.30. The lowest BCUT2D eigenvalue weighted by molar-refractivity contribution is -0.167. The Morgan fingerprint density at radius 2 is 0.536 bits per heavy atom. The Bertz CT molecular complexity index is 1200. The first-order valence-corrected chi connectivity index (χ1v) is 30.1. The number of carbonyl (C=O) groups excluding carboxylic acids is 3. The maximum absolute atomic E-state index is 12.9. The van der Waals surface area contributed by atoms with Gasteiger partial charge in [-0.2, -0.15) is 0 Å². The summed E-state index contributed by atoms with van der Waals surface area (Å²) in [5, 5.41) is 0. The minimum absolute atomic E-state index is 0.0769. The van der Waals surface area contributed by atoms with E-state index in [0.717, 1.165) is 83.5 Å². The van der Waals surface area contributed by atoms with Crippen molar-refractivity contribution >= 4 is 17.9 Å². The molecule has 0 spiro atoms. The summed E-state index contributed by atoms with van der Waals surface area (Å²) < 4.78 is 16.9. The molecule has 0 aliphatic rings. The van der Waals surface area contributed by atoms with Gasteiger partial charge in [0.1, 0.15) is 13.2 Å². The van der Waals surface area contributed by atoms with Crippen LogP contribution >= 0.6 is 0 Å². The molecule has 0 bridgehead atoms. The van der Waals surface area contributed by atoms with Crippen LogP contribution < -0.4 is 0 Å². The van der Waals surface area contributed by atoms with Gasteiger partial charge in [-0.25, -0.2) is 0 Å². The first-order chi connectivity index (χ1) is 34.0. The summed E-state index contributed by atoms with van der Waals surface area (Å²) in [6.07, 6.45) is 71.0. The van der Waals surface area contributed by atoms with Crippen LogP contribution in [0.1, 0.15) is 316 Å². The zero-order chi connectivity index (χ0) is 50.0. The predicted octanol–water partition coefficient (Wildman–Crippen LogP) is 20.2.